The van der Waals surface area contributed by atoms with Crippen LogP contribution in [0.1, 0.15) is 46.0 Å². The van der Waals surface area contributed by atoms with E-state index in [1.807, 2.05) is 0 Å². The third-order valence-electron chi connectivity index (χ3n) is 3.79. The van der Waals surface area contributed by atoms with Gasteiger partial charge in [0.05, 0.1) is 0 Å². The minimum atomic E-state index is -0.0177. The lowest BCUT2D eigenvalue weighted by Crippen LogP contribution is -2.46. The average Bonchev–Trinajstić information content (AvgIpc) is 2.16. The normalized spacial score (nSPS) is 32.6. The molecule has 2 nitrogen and oxygen atoms in total. The molecule has 1 unspecified atom stereocenters. The van der Waals surface area contributed by atoms with Crippen LogP contribution in [0.15, 0.2) is 0 Å². The van der Waals surface area contributed by atoms with Crippen molar-refractivity contribution in [3.63, 3.8) is 0 Å². The van der Waals surface area contributed by atoms with Gasteiger partial charge < -0.3 is 10.5 Å². The van der Waals surface area contributed by atoms with Gasteiger partial charge in [0.15, 0.2) is 0 Å². The zero-order valence-corrected chi connectivity index (χ0v) is 9.88. The highest BCUT2D eigenvalue weighted by molar-refractivity contribution is 4.89. The van der Waals surface area contributed by atoms with Crippen LogP contribution in [0.2, 0.25) is 0 Å². The van der Waals surface area contributed by atoms with E-state index in [2.05, 4.69) is 13.8 Å². The van der Waals surface area contributed by atoms with Gasteiger partial charge in [0.2, 0.25) is 0 Å². The van der Waals surface area contributed by atoms with Crippen LogP contribution in [0.3, 0.4) is 0 Å². The standard InChI is InChI=1S/C12H25NO/c1-10-4-6-11(7-5-10)12(2,13)8-9-14-3/h10-11H,4-9,13H2,1-3H3. The fourth-order valence-corrected chi connectivity index (χ4v) is 2.45. The molecule has 1 atom stereocenters. The van der Waals surface area contributed by atoms with Crippen molar-refractivity contribution in [2.45, 2.75) is 51.5 Å². The Bertz CT molecular complexity index is 160. The summed E-state index contributed by atoms with van der Waals surface area (Å²) in [5.74, 6) is 1.61. The Labute approximate surface area is 88.2 Å². The Balaban J connectivity index is 2.38. The van der Waals surface area contributed by atoms with Gasteiger partial charge in [-0.25, -0.2) is 0 Å². The zero-order valence-electron chi connectivity index (χ0n) is 9.88. The van der Waals surface area contributed by atoms with Crippen LogP contribution >= 0.6 is 0 Å². The summed E-state index contributed by atoms with van der Waals surface area (Å²) >= 11 is 0. The zero-order chi connectivity index (χ0) is 10.6. The topological polar surface area (TPSA) is 35.2 Å². The molecule has 2 heteroatoms. The Morgan fingerprint density at radius 3 is 2.36 bits per heavy atom. The van der Waals surface area contributed by atoms with Gasteiger partial charge in [-0.05, 0) is 38.0 Å². The summed E-state index contributed by atoms with van der Waals surface area (Å²) in [6.45, 7) is 5.32. The maximum Gasteiger partial charge on any atom is 0.0479 e. The van der Waals surface area contributed by atoms with E-state index in [-0.39, 0.29) is 5.54 Å². The maximum atomic E-state index is 6.34. The number of nitrogens with two attached hydrogens (primary N) is 1. The van der Waals surface area contributed by atoms with Crippen LogP contribution in [-0.2, 0) is 4.74 Å². The molecule has 84 valence electrons. The van der Waals surface area contributed by atoms with Crippen molar-refractivity contribution < 1.29 is 4.74 Å². The molecule has 1 aliphatic rings. The van der Waals surface area contributed by atoms with E-state index in [0.717, 1.165) is 18.9 Å². The molecule has 14 heavy (non-hydrogen) atoms. The molecule has 1 fully saturated rings. The van der Waals surface area contributed by atoms with Crippen LogP contribution in [0, 0.1) is 11.8 Å². The van der Waals surface area contributed by atoms with Crippen LogP contribution in [0.4, 0.5) is 0 Å². The molecule has 0 heterocycles. The van der Waals surface area contributed by atoms with Crippen LogP contribution < -0.4 is 5.73 Å². The number of rotatable bonds is 4. The number of hydrogen-bond donors (Lipinski definition) is 1. The van der Waals surface area contributed by atoms with Crippen LogP contribution in [0.25, 0.3) is 0 Å². The van der Waals surface area contributed by atoms with E-state index in [4.69, 9.17) is 10.5 Å². The summed E-state index contributed by atoms with van der Waals surface area (Å²) in [5, 5.41) is 0. The molecule has 2 N–H and O–H groups in total. The lowest BCUT2D eigenvalue weighted by Gasteiger charge is -2.38. The highest BCUT2D eigenvalue weighted by Crippen LogP contribution is 2.35. The van der Waals surface area contributed by atoms with E-state index < -0.39 is 0 Å². The molecule has 0 aromatic rings. The largest absolute Gasteiger partial charge is 0.385 e. The molecule has 0 aliphatic heterocycles. The molecule has 0 amide bonds. The molecule has 0 radical (unpaired) electrons. The Hall–Kier alpha value is -0.0800. The third kappa shape index (κ3) is 3.25. The molecule has 1 rings (SSSR count). The second-order valence-electron chi connectivity index (χ2n) is 5.21. The number of hydrogen-bond acceptors (Lipinski definition) is 2. The van der Waals surface area contributed by atoms with Crippen molar-refractivity contribution >= 4 is 0 Å². The van der Waals surface area contributed by atoms with E-state index in [9.17, 15) is 0 Å². The smallest absolute Gasteiger partial charge is 0.0479 e. The van der Waals surface area contributed by atoms with Gasteiger partial charge in [-0.3, -0.25) is 0 Å². The van der Waals surface area contributed by atoms with Gasteiger partial charge in [-0.15, -0.1) is 0 Å². The van der Waals surface area contributed by atoms with Crippen molar-refractivity contribution in [1.29, 1.82) is 0 Å². The van der Waals surface area contributed by atoms with Crippen molar-refractivity contribution in [2.24, 2.45) is 17.6 Å². The second kappa shape index (κ2) is 5.13. The molecule has 0 aromatic carbocycles. The molecule has 1 aliphatic carbocycles. The SMILES string of the molecule is COCCC(C)(N)C1CCC(C)CC1. The first-order valence-electron chi connectivity index (χ1n) is 5.84. The highest BCUT2D eigenvalue weighted by Gasteiger charge is 2.32. The molecular weight excluding hydrogens is 174 g/mol. The minimum absolute atomic E-state index is 0.0177. The predicted molar refractivity (Wildman–Crippen MR) is 60.2 cm³/mol. The summed E-state index contributed by atoms with van der Waals surface area (Å²) in [5.41, 5.74) is 6.33. The van der Waals surface area contributed by atoms with Gasteiger partial charge >= 0.3 is 0 Å². The Morgan fingerprint density at radius 2 is 1.86 bits per heavy atom. The van der Waals surface area contributed by atoms with Crippen molar-refractivity contribution in [3.05, 3.63) is 0 Å². The fourth-order valence-electron chi connectivity index (χ4n) is 2.45. The predicted octanol–water partition coefficient (Wildman–Crippen LogP) is 2.57. The molecule has 0 spiro atoms. The minimum Gasteiger partial charge on any atom is -0.385 e. The summed E-state index contributed by atoms with van der Waals surface area (Å²) in [7, 11) is 1.75. The quantitative estimate of drug-likeness (QED) is 0.755. The fraction of sp³-hybridized carbons (Fsp3) is 1.00. The lowest BCUT2D eigenvalue weighted by molar-refractivity contribution is 0.126. The molecule has 1 saturated carbocycles. The second-order valence-corrected chi connectivity index (χ2v) is 5.21. The Kier molecular flexibility index (Phi) is 4.39. The van der Waals surface area contributed by atoms with E-state index >= 15 is 0 Å². The first-order valence-corrected chi connectivity index (χ1v) is 5.84. The van der Waals surface area contributed by atoms with E-state index in [0.29, 0.717) is 5.92 Å². The van der Waals surface area contributed by atoms with Crippen molar-refractivity contribution in [2.75, 3.05) is 13.7 Å². The summed E-state index contributed by atoms with van der Waals surface area (Å²) in [4.78, 5) is 0. The lowest BCUT2D eigenvalue weighted by atomic mass is 9.72. The number of ether oxygens (including phenoxy) is 1. The van der Waals surface area contributed by atoms with Gasteiger partial charge in [0.1, 0.15) is 0 Å². The highest BCUT2D eigenvalue weighted by atomic mass is 16.5. The first kappa shape index (κ1) is 12.0. The molecule has 0 aromatic heterocycles. The van der Waals surface area contributed by atoms with E-state index in [1.54, 1.807) is 7.11 Å². The molecular formula is C12H25NO. The maximum absolute atomic E-state index is 6.34. The van der Waals surface area contributed by atoms with Crippen LogP contribution in [0.5, 0.6) is 0 Å². The molecule has 0 saturated heterocycles. The Morgan fingerprint density at radius 1 is 1.29 bits per heavy atom. The third-order valence-corrected chi connectivity index (χ3v) is 3.79. The first-order chi connectivity index (χ1) is 6.56. The van der Waals surface area contributed by atoms with Crippen molar-refractivity contribution in [1.82, 2.24) is 0 Å². The van der Waals surface area contributed by atoms with Crippen LogP contribution in [-0.4, -0.2) is 19.3 Å². The summed E-state index contributed by atoms with van der Waals surface area (Å²) < 4.78 is 5.11. The molecule has 0 bridgehead atoms. The van der Waals surface area contributed by atoms with Gasteiger partial charge in [-0.1, -0.05) is 19.8 Å². The monoisotopic (exact) mass is 199 g/mol. The van der Waals surface area contributed by atoms with Gasteiger partial charge in [-0.2, -0.15) is 0 Å². The van der Waals surface area contributed by atoms with E-state index in [1.165, 1.54) is 25.7 Å². The van der Waals surface area contributed by atoms with Gasteiger partial charge in [0, 0.05) is 19.3 Å². The van der Waals surface area contributed by atoms with Gasteiger partial charge in [0.25, 0.3) is 0 Å². The average molecular weight is 199 g/mol. The summed E-state index contributed by atoms with van der Waals surface area (Å²) in [6.07, 6.45) is 6.30. The summed E-state index contributed by atoms with van der Waals surface area (Å²) in [6, 6.07) is 0. The van der Waals surface area contributed by atoms with Crippen molar-refractivity contribution in [3.8, 4) is 0 Å². The number of methoxy groups -OCH3 is 1.